The summed E-state index contributed by atoms with van der Waals surface area (Å²) in [6, 6.07) is 0. The molecule has 0 aliphatic rings. The van der Waals surface area contributed by atoms with E-state index in [-0.39, 0.29) is 4.70 Å². The molecule has 0 aliphatic carbocycles. The highest BCUT2D eigenvalue weighted by Gasteiger charge is 1.88. The lowest BCUT2D eigenvalue weighted by Crippen LogP contribution is -1.91. The van der Waals surface area contributed by atoms with Crippen LogP contribution in [0.4, 0.5) is 4.70 Å². The zero-order chi connectivity index (χ0) is 6.57. The molecule has 0 rings (SSSR count). The Kier molecular flexibility index (Phi) is 5.59. The quantitative estimate of drug-likeness (QED) is 0.518. The molecule has 0 aromatic carbocycles. The lowest BCUT2D eigenvalue weighted by Gasteiger charge is -1.74. The highest BCUT2D eigenvalue weighted by molar-refractivity contribution is 5.89. The Morgan fingerprint density at radius 1 is 1.00 bits per heavy atom. The maximum absolute atomic E-state index is 9.55. The predicted molar refractivity (Wildman–Crippen MR) is 26.9 cm³/mol. The second-order valence-corrected chi connectivity index (χ2v) is 1.01. The van der Waals surface area contributed by atoms with E-state index in [2.05, 4.69) is 0 Å². The van der Waals surface area contributed by atoms with Gasteiger partial charge < -0.3 is 10.2 Å². The van der Waals surface area contributed by atoms with Gasteiger partial charge in [-0.3, -0.25) is 4.70 Å². The molecule has 9 heavy (non-hydrogen) atoms. The molecule has 0 aliphatic heterocycles. The Labute approximate surface area is 49.8 Å². The summed E-state index contributed by atoms with van der Waals surface area (Å²) in [5, 5.41) is 15.6. The van der Waals surface area contributed by atoms with E-state index in [0.29, 0.717) is 12.2 Å². The van der Waals surface area contributed by atoms with Crippen LogP contribution in [0.15, 0.2) is 12.2 Å². The molecule has 0 aromatic rings. The van der Waals surface area contributed by atoms with Gasteiger partial charge in [0, 0.05) is 12.2 Å². The Bertz CT molecular complexity index is 124. The summed E-state index contributed by atoms with van der Waals surface area (Å²) < 4.78 is 0. The van der Waals surface area contributed by atoms with Gasteiger partial charge in [-0.15, -0.1) is 0 Å². The Morgan fingerprint density at radius 2 is 1.22 bits per heavy atom. The van der Waals surface area contributed by atoms with E-state index in [1.165, 1.54) is 0 Å². The first-order chi connectivity index (χ1) is 3.63. The van der Waals surface area contributed by atoms with Crippen LogP contribution in [-0.4, -0.2) is 22.2 Å². The van der Waals surface area contributed by atoms with E-state index in [1.807, 2.05) is 0 Å². The third-order valence-corrected chi connectivity index (χ3v) is 0.368. The van der Waals surface area contributed by atoms with E-state index in [1.54, 1.807) is 0 Å². The maximum Gasteiger partial charge on any atom is 0.328 e. The van der Waals surface area contributed by atoms with Gasteiger partial charge in [0.1, 0.15) is 0 Å². The average Bonchev–Trinajstić information content (AvgIpc) is 1.61. The highest BCUT2D eigenvalue weighted by atomic mass is 19.0. The van der Waals surface area contributed by atoms with E-state index in [9.17, 15) is 9.59 Å². The van der Waals surface area contributed by atoms with Gasteiger partial charge in [0.25, 0.3) is 0 Å². The van der Waals surface area contributed by atoms with Gasteiger partial charge in [-0.1, -0.05) is 0 Å². The summed E-state index contributed by atoms with van der Waals surface area (Å²) in [5.74, 6) is -2.51. The molecular formula is C4H5FO4. The summed E-state index contributed by atoms with van der Waals surface area (Å²) in [4.78, 5) is 19.1. The predicted octanol–water partition coefficient (Wildman–Crippen LogP) is -0.136. The smallest absolute Gasteiger partial charge is 0.328 e. The number of rotatable bonds is 2. The minimum Gasteiger partial charge on any atom is -0.478 e. The molecule has 0 spiro atoms. The van der Waals surface area contributed by atoms with Gasteiger partial charge in [-0.25, -0.2) is 9.59 Å². The SMILES string of the molecule is F.O=C(O)/C=C/C(=O)O. The molecule has 52 valence electrons. The summed E-state index contributed by atoms with van der Waals surface area (Å²) in [6.45, 7) is 0. The average molecular weight is 136 g/mol. The van der Waals surface area contributed by atoms with Crippen molar-refractivity contribution in [1.29, 1.82) is 0 Å². The summed E-state index contributed by atoms with van der Waals surface area (Å²) in [5.41, 5.74) is 0. The maximum atomic E-state index is 9.55. The Hall–Kier alpha value is -1.39. The Morgan fingerprint density at radius 3 is 1.33 bits per heavy atom. The second-order valence-electron chi connectivity index (χ2n) is 1.01. The van der Waals surface area contributed by atoms with Crippen LogP contribution in [0, 0.1) is 0 Å². The van der Waals surface area contributed by atoms with Crippen molar-refractivity contribution in [3.8, 4) is 0 Å². The lowest BCUT2D eigenvalue weighted by molar-refractivity contribution is -0.134. The normalized spacial score (nSPS) is 8.44. The molecule has 5 heteroatoms. The van der Waals surface area contributed by atoms with E-state index < -0.39 is 11.9 Å². The van der Waals surface area contributed by atoms with E-state index >= 15 is 0 Å². The third kappa shape index (κ3) is 10.8. The first kappa shape index (κ1) is 10.6. The van der Waals surface area contributed by atoms with E-state index in [4.69, 9.17) is 10.2 Å². The molecule has 0 radical (unpaired) electrons. The largest absolute Gasteiger partial charge is 0.478 e. The number of halogens is 1. The van der Waals surface area contributed by atoms with Crippen molar-refractivity contribution in [2.24, 2.45) is 0 Å². The fraction of sp³-hybridized carbons (Fsp3) is 0. The number of carboxylic acid groups (broad SMARTS) is 2. The molecule has 0 heterocycles. The van der Waals surface area contributed by atoms with Crippen LogP contribution < -0.4 is 0 Å². The monoisotopic (exact) mass is 136 g/mol. The molecule has 0 saturated carbocycles. The van der Waals surface area contributed by atoms with Gasteiger partial charge in [-0.05, 0) is 0 Å². The zero-order valence-corrected chi connectivity index (χ0v) is 4.27. The highest BCUT2D eigenvalue weighted by Crippen LogP contribution is 1.70. The minimum absolute atomic E-state index is 0. The van der Waals surface area contributed by atoms with Gasteiger partial charge >= 0.3 is 11.9 Å². The van der Waals surface area contributed by atoms with Gasteiger partial charge in [0.05, 0.1) is 0 Å². The number of carbonyl (C=O) groups is 2. The molecule has 4 nitrogen and oxygen atoms in total. The van der Waals surface area contributed by atoms with Gasteiger partial charge in [0.2, 0.25) is 0 Å². The molecule has 0 atom stereocenters. The van der Waals surface area contributed by atoms with Crippen molar-refractivity contribution in [3.05, 3.63) is 12.2 Å². The fourth-order valence-electron chi connectivity index (χ4n) is 0.143. The fourth-order valence-corrected chi connectivity index (χ4v) is 0.143. The molecule has 0 fully saturated rings. The molecule has 2 N–H and O–H groups in total. The van der Waals surface area contributed by atoms with Gasteiger partial charge in [0.15, 0.2) is 0 Å². The Balaban J connectivity index is 0. The number of carboxylic acids is 2. The van der Waals surface area contributed by atoms with E-state index in [0.717, 1.165) is 0 Å². The molecular weight excluding hydrogens is 131 g/mol. The standard InChI is InChI=1S/C4H4O4.FH/c5-3(6)1-2-4(7)8;/h1-2H,(H,5,6)(H,7,8);1H/b2-1+;. The van der Waals surface area contributed by atoms with Crippen molar-refractivity contribution in [3.63, 3.8) is 0 Å². The lowest BCUT2D eigenvalue weighted by atomic mass is 10.5. The van der Waals surface area contributed by atoms with Crippen LogP contribution >= 0.6 is 0 Å². The number of hydrogen-bond acceptors (Lipinski definition) is 2. The number of aliphatic carboxylic acids is 2. The summed E-state index contributed by atoms with van der Waals surface area (Å²) in [6.07, 6.45) is 1.12. The third-order valence-electron chi connectivity index (χ3n) is 0.368. The van der Waals surface area contributed by atoms with Crippen LogP contribution in [-0.2, 0) is 9.59 Å². The van der Waals surface area contributed by atoms with Crippen LogP contribution in [0.25, 0.3) is 0 Å². The molecule has 0 unspecified atom stereocenters. The first-order valence-electron chi connectivity index (χ1n) is 1.77. The summed E-state index contributed by atoms with van der Waals surface area (Å²) in [7, 11) is 0. The van der Waals surface area contributed by atoms with Crippen LogP contribution in [0.3, 0.4) is 0 Å². The zero-order valence-electron chi connectivity index (χ0n) is 4.27. The topological polar surface area (TPSA) is 74.6 Å². The van der Waals surface area contributed by atoms with Crippen LogP contribution in [0.2, 0.25) is 0 Å². The van der Waals surface area contributed by atoms with Crippen molar-refractivity contribution < 1.29 is 24.5 Å². The first-order valence-corrected chi connectivity index (χ1v) is 1.77. The molecule has 0 bridgehead atoms. The van der Waals surface area contributed by atoms with Crippen molar-refractivity contribution in [1.82, 2.24) is 0 Å². The summed E-state index contributed by atoms with van der Waals surface area (Å²) >= 11 is 0. The molecule has 0 amide bonds. The van der Waals surface area contributed by atoms with Crippen molar-refractivity contribution in [2.45, 2.75) is 0 Å². The molecule has 0 aromatic heterocycles. The number of hydrogen-bond donors (Lipinski definition) is 2. The molecule has 0 saturated heterocycles. The van der Waals surface area contributed by atoms with Crippen molar-refractivity contribution in [2.75, 3.05) is 0 Å². The minimum atomic E-state index is -1.26. The van der Waals surface area contributed by atoms with Gasteiger partial charge in [-0.2, -0.15) is 0 Å². The van der Waals surface area contributed by atoms with Crippen LogP contribution in [0.1, 0.15) is 0 Å². The second kappa shape index (κ2) is 4.76. The van der Waals surface area contributed by atoms with Crippen molar-refractivity contribution >= 4 is 11.9 Å². The van der Waals surface area contributed by atoms with Crippen LogP contribution in [0.5, 0.6) is 0 Å².